The number of methoxy groups -OCH3 is 1. The SMILES string of the molecule is COC(C)c1cccc(NC(=O)C2CCN(c3cnccn3)CC2)c1. The molecular formula is C19H24N4O2. The van der Waals surface area contributed by atoms with E-state index < -0.39 is 0 Å². The fourth-order valence-corrected chi connectivity index (χ4v) is 3.07. The van der Waals surface area contributed by atoms with Crippen LogP contribution in [0.4, 0.5) is 11.5 Å². The number of hydrogen-bond acceptors (Lipinski definition) is 5. The lowest BCUT2D eigenvalue weighted by Gasteiger charge is -2.31. The fraction of sp³-hybridized carbons (Fsp3) is 0.421. The van der Waals surface area contributed by atoms with Crippen molar-refractivity contribution in [3.63, 3.8) is 0 Å². The third-order valence-electron chi connectivity index (χ3n) is 4.72. The quantitative estimate of drug-likeness (QED) is 0.906. The second kappa shape index (κ2) is 8.07. The number of amides is 1. The van der Waals surface area contributed by atoms with Crippen LogP contribution in [0.25, 0.3) is 0 Å². The number of piperidine rings is 1. The number of carbonyl (C=O) groups is 1. The summed E-state index contributed by atoms with van der Waals surface area (Å²) in [5, 5.41) is 3.04. The molecule has 1 saturated heterocycles. The van der Waals surface area contributed by atoms with Gasteiger partial charge in [0.1, 0.15) is 5.82 Å². The summed E-state index contributed by atoms with van der Waals surface area (Å²) in [5.41, 5.74) is 1.88. The first kappa shape index (κ1) is 17.4. The van der Waals surface area contributed by atoms with E-state index in [0.29, 0.717) is 0 Å². The van der Waals surface area contributed by atoms with Gasteiger partial charge in [0.15, 0.2) is 0 Å². The Morgan fingerprint density at radius 1 is 1.32 bits per heavy atom. The predicted octanol–water partition coefficient (Wildman–Crippen LogP) is 3.04. The van der Waals surface area contributed by atoms with Crippen LogP contribution in [0.1, 0.15) is 31.4 Å². The van der Waals surface area contributed by atoms with Gasteiger partial charge in [0, 0.05) is 44.2 Å². The number of aromatic nitrogens is 2. The fourth-order valence-electron chi connectivity index (χ4n) is 3.07. The average molecular weight is 340 g/mol. The number of benzene rings is 1. The zero-order chi connectivity index (χ0) is 17.6. The van der Waals surface area contributed by atoms with Crippen molar-refractivity contribution in [1.82, 2.24) is 9.97 Å². The lowest BCUT2D eigenvalue weighted by Crippen LogP contribution is -2.38. The highest BCUT2D eigenvalue weighted by molar-refractivity contribution is 5.92. The van der Waals surface area contributed by atoms with Gasteiger partial charge in [-0.2, -0.15) is 0 Å². The predicted molar refractivity (Wildman–Crippen MR) is 97.5 cm³/mol. The van der Waals surface area contributed by atoms with Crippen LogP contribution in [-0.4, -0.2) is 36.1 Å². The van der Waals surface area contributed by atoms with Crippen LogP contribution < -0.4 is 10.2 Å². The van der Waals surface area contributed by atoms with Gasteiger partial charge in [-0.15, -0.1) is 0 Å². The van der Waals surface area contributed by atoms with E-state index in [1.165, 1.54) is 0 Å². The van der Waals surface area contributed by atoms with E-state index >= 15 is 0 Å². The maximum Gasteiger partial charge on any atom is 0.227 e. The van der Waals surface area contributed by atoms with Crippen molar-refractivity contribution in [3.8, 4) is 0 Å². The molecule has 0 spiro atoms. The molecule has 1 amide bonds. The molecule has 1 aliphatic rings. The maximum absolute atomic E-state index is 12.6. The van der Waals surface area contributed by atoms with Crippen molar-refractivity contribution < 1.29 is 9.53 Å². The summed E-state index contributed by atoms with van der Waals surface area (Å²) in [7, 11) is 1.68. The summed E-state index contributed by atoms with van der Waals surface area (Å²) < 4.78 is 5.34. The minimum absolute atomic E-state index is 0.00655. The Labute approximate surface area is 148 Å². The van der Waals surface area contributed by atoms with Crippen molar-refractivity contribution in [2.24, 2.45) is 5.92 Å². The summed E-state index contributed by atoms with van der Waals surface area (Å²) in [6, 6.07) is 7.83. The highest BCUT2D eigenvalue weighted by atomic mass is 16.5. The van der Waals surface area contributed by atoms with Crippen molar-refractivity contribution in [1.29, 1.82) is 0 Å². The number of nitrogens with zero attached hydrogens (tertiary/aromatic N) is 3. The molecule has 1 aliphatic heterocycles. The normalized spacial score (nSPS) is 16.5. The molecule has 2 heterocycles. The molecule has 2 aromatic rings. The molecule has 1 atom stereocenters. The Morgan fingerprint density at radius 2 is 2.12 bits per heavy atom. The van der Waals surface area contributed by atoms with Crippen LogP contribution in [0, 0.1) is 5.92 Å². The molecule has 3 rings (SSSR count). The van der Waals surface area contributed by atoms with Crippen LogP contribution in [0.15, 0.2) is 42.9 Å². The van der Waals surface area contributed by atoms with E-state index in [1.54, 1.807) is 25.7 Å². The number of anilines is 2. The van der Waals surface area contributed by atoms with E-state index in [2.05, 4.69) is 20.2 Å². The Bertz CT molecular complexity index is 700. The van der Waals surface area contributed by atoms with E-state index in [0.717, 1.165) is 43.0 Å². The minimum Gasteiger partial charge on any atom is -0.377 e. The molecule has 0 radical (unpaired) electrons. The molecule has 1 N–H and O–H groups in total. The molecule has 0 saturated carbocycles. The van der Waals surface area contributed by atoms with Gasteiger partial charge >= 0.3 is 0 Å². The van der Waals surface area contributed by atoms with Crippen molar-refractivity contribution in [3.05, 3.63) is 48.4 Å². The molecule has 6 heteroatoms. The number of rotatable bonds is 5. The molecule has 25 heavy (non-hydrogen) atoms. The minimum atomic E-state index is 0.00655. The molecule has 0 bridgehead atoms. The number of nitrogens with one attached hydrogen (secondary N) is 1. The Kier molecular flexibility index (Phi) is 5.60. The smallest absolute Gasteiger partial charge is 0.227 e. The zero-order valence-electron chi connectivity index (χ0n) is 14.7. The first-order valence-corrected chi connectivity index (χ1v) is 8.62. The highest BCUT2D eigenvalue weighted by Crippen LogP contribution is 2.24. The van der Waals surface area contributed by atoms with Crippen LogP contribution >= 0.6 is 0 Å². The Balaban J connectivity index is 1.56. The summed E-state index contributed by atoms with van der Waals surface area (Å²) in [5.74, 6) is 0.986. The van der Waals surface area contributed by atoms with Crippen LogP contribution in [0.5, 0.6) is 0 Å². The molecule has 1 aromatic heterocycles. The van der Waals surface area contributed by atoms with Crippen molar-refractivity contribution >= 4 is 17.4 Å². The standard InChI is InChI=1S/C19H24N4O2/c1-14(25-2)16-4-3-5-17(12-16)22-19(24)15-6-10-23(11-7-15)18-13-20-8-9-21-18/h3-5,8-9,12-15H,6-7,10-11H2,1-2H3,(H,22,24). The molecule has 6 nitrogen and oxygen atoms in total. The second-order valence-electron chi connectivity index (χ2n) is 6.32. The van der Waals surface area contributed by atoms with Gasteiger partial charge in [0.05, 0.1) is 12.3 Å². The number of carbonyl (C=O) groups excluding carboxylic acids is 1. The summed E-state index contributed by atoms with van der Waals surface area (Å²) in [6.45, 7) is 3.62. The maximum atomic E-state index is 12.6. The average Bonchev–Trinajstić information content (AvgIpc) is 2.68. The van der Waals surface area contributed by atoms with Crippen molar-refractivity contribution in [2.45, 2.75) is 25.9 Å². The van der Waals surface area contributed by atoms with E-state index in [-0.39, 0.29) is 17.9 Å². The third-order valence-corrected chi connectivity index (χ3v) is 4.72. The summed E-state index contributed by atoms with van der Waals surface area (Å²) >= 11 is 0. The number of ether oxygens (including phenoxy) is 1. The lowest BCUT2D eigenvalue weighted by atomic mass is 9.95. The van der Waals surface area contributed by atoms with Crippen LogP contribution in [-0.2, 0) is 9.53 Å². The van der Waals surface area contributed by atoms with Gasteiger partial charge in [-0.3, -0.25) is 9.78 Å². The van der Waals surface area contributed by atoms with E-state index in [9.17, 15) is 4.79 Å². The molecular weight excluding hydrogens is 316 g/mol. The van der Waals surface area contributed by atoms with Gasteiger partial charge in [-0.1, -0.05) is 12.1 Å². The highest BCUT2D eigenvalue weighted by Gasteiger charge is 2.25. The van der Waals surface area contributed by atoms with Gasteiger partial charge in [0.25, 0.3) is 0 Å². The van der Waals surface area contributed by atoms with E-state index in [4.69, 9.17) is 4.74 Å². The van der Waals surface area contributed by atoms with Crippen molar-refractivity contribution in [2.75, 3.05) is 30.4 Å². The Hall–Kier alpha value is -2.47. The molecule has 1 aromatic carbocycles. The van der Waals surface area contributed by atoms with Crippen LogP contribution in [0.2, 0.25) is 0 Å². The topological polar surface area (TPSA) is 67.3 Å². The summed E-state index contributed by atoms with van der Waals surface area (Å²) in [6.07, 6.45) is 6.77. The van der Waals surface area contributed by atoms with Gasteiger partial charge in [-0.25, -0.2) is 4.98 Å². The molecule has 132 valence electrons. The third kappa shape index (κ3) is 4.33. The van der Waals surface area contributed by atoms with Crippen LogP contribution in [0.3, 0.4) is 0 Å². The lowest BCUT2D eigenvalue weighted by molar-refractivity contribution is -0.120. The summed E-state index contributed by atoms with van der Waals surface area (Å²) in [4.78, 5) is 23.2. The molecule has 1 fully saturated rings. The number of hydrogen-bond donors (Lipinski definition) is 1. The van der Waals surface area contributed by atoms with Gasteiger partial charge in [-0.05, 0) is 37.5 Å². The van der Waals surface area contributed by atoms with Gasteiger partial charge in [0.2, 0.25) is 5.91 Å². The van der Waals surface area contributed by atoms with E-state index in [1.807, 2.05) is 31.2 Å². The monoisotopic (exact) mass is 340 g/mol. The first-order chi connectivity index (χ1) is 12.2. The molecule has 1 unspecified atom stereocenters. The molecule has 0 aliphatic carbocycles. The second-order valence-corrected chi connectivity index (χ2v) is 6.32. The zero-order valence-corrected chi connectivity index (χ0v) is 14.7. The first-order valence-electron chi connectivity index (χ1n) is 8.62. The Morgan fingerprint density at radius 3 is 2.80 bits per heavy atom. The largest absolute Gasteiger partial charge is 0.377 e. The van der Waals surface area contributed by atoms with Gasteiger partial charge < -0.3 is 15.0 Å².